The molecule has 1 N–H and O–H groups in total. The lowest BCUT2D eigenvalue weighted by Crippen LogP contribution is -2.12. The molecule has 0 amide bonds. The Kier molecular flexibility index (Phi) is 5.39. The minimum atomic E-state index is -0.346. The minimum Gasteiger partial charge on any atom is -0.488 e. The lowest BCUT2D eigenvalue weighted by Gasteiger charge is -2.12. The molecule has 0 aliphatic heterocycles. The molecule has 2 aromatic carbocycles. The number of benzene rings is 2. The van der Waals surface area contributed by atoms with Crippen LogP contribution in [0.1, 0.15) is 18.1 Å². The second-order valence-electron chi connectivity index (χ2n) is 4.41. The van der Waals surface area contributed by atoms with E-state index in [0.717, 1.165) is 24.4 Å². The van der Waals surface area contributed by atoms with Crippen molar-refractivity contribution in [3.8, 4) is 5.75 Å². The molecular weight excluding hydrogens is 277 g/mol. The average molecular weight is 294 g/mol. The lowest BCUT2D eigenvalue weighted by molar-refractivity contribution is 0.296. The Hall–Kier alpha value is -1.58. The van der Waals surface area contributed by atoms with E-state index in [1.165, 1.54) is 6.07 Å². The molecule has 0 fully saturated rings. The van der Waals surface area contributed by atoms with Crippen molar-refractivity contribution in [2.24, 2.45) is 0 Å². The van der Waals surface area contributed by atoms with Gasteiger partial charge in [-0.15, -0.1) is 0 Å². The van der Waals surface area contributed by atoms with Gasteiger partial charge >= 0.3 is 0 Å². The van der Waals surface area contributed by atoms with Crippen LogP contribution in [0, 0.1) is 5.82 Å². The average Bonchev–Trinajstić information content (AvgIpc) is 2.45. The number of rotatable bonds is 6. The summed E-state index contributed by atoms with van der Waals surface area (Å²) in [5.41, 5.74) is 1.55. The topological polar surface area (TPSA) is 21.3 Å². The molecule has 0 saturated carbocycles. The summed E-state index contributed by atoms with van der Waals surface area (Å²) in [4.78, 5) is 0. The molecule has 0 unspecified atom stereocenters. The van der Waals surface area contributed by atoms with Gasteiger partial charge in [0.05, 0.1) is 0 Å². The summed E-state index contributed by atoms with van der Waals surface area (Å²) in [6, 6.07) is 12.4. The number of hydrogen-bond acceptors (Lipinski definition) is 2. The number of ether oxygens (including phenoxy) is 1. The maximum Gasteiger partial charge on any atom is 0.131 e. The van der Waals surface area contributed by atoms with Crippen LogP contribution in [0.5, 0.6) is 5.75 Å². The molecule has 0 atom stereocenters. The molecule has 2 rings (SSSR count). The fraction of sp³-hybridized carbons (Fsp3) is 0.250. The summed E-state index contributed by atoms with van der Waals surface area (Å²) in [5.74, 6) is 0.421. The fourth-order valence-corrected chi connectivity index (χ4v) is 2.00. The van der Waals surface area contributed by atoms with Crippen LogP contribution < -0.4 is 10.1 Å². The first-order valence-electron chi connectivity index (χ1n) is 6.56. The van der Waals surface area contributed by atoms with Crippen LogP contribution in [0.3, 0.4) is 0 Å². The van der Waals surface area contributed by atoms with E-state index in [0.29, 0.717) is 10.6 Å². The molecule has 106 valence electrons. The van der Waals surface area contributed by atoms with Crippen molar-refractivity contribution in [3.63, 3.8) is 0 Å². The van der Waals surface area contributed by atoms with Crippen molar-refractivity contribution in [1.82, 2.24) is 5.32 Å². The van der Waals surface area contributed by atoms with E-state index in [-0.39, 0.29) is 12.4 Å². The Labute approximate surface area is 123 Å². The van der Waals surface area contributed by atoms with Crippen molar-refractivity contribution in [2.45, 2.75) is 20.1 Å². The normalized spacial score (nSPS) is 10.6. The Balaban J connectivity index is 2.06. The van der Waals surface area contributed by atoms with Crippen LogP contribution in [-0.2, 0) is 13.2 Å². The van der Waals surface area contributed by atoms with E-state index < -0.39 is 0 Å². The van der Waals surface area contributed by atoms with Crippen LogP contribution >= 0.6 is 11.6 Å². The predicted octanol–water partition coefficient (Wildman–Crippen LogP) is 4.17. The van der Waals surface area contributed by atoms with Gasteiger partial charge in [-0.2, -0.15) is 0 Å². The van der Waals surface area contributed by atoms with E-state index in [2.05, 4.69) is 5.32 Å². The van der Waals surface area contributed by atoms with Gasteiger partial charge in [0.2, 0.25) is 0 Å². The zero-order chi connectivity index (χ0) is 14.4. The van der Waals surface area contributed by atoms with Gasteiger partial charge < -0.3 is 10.1 Å². The highest BCUT2D eigenvalue weighted by Gasteiger charge is 2.06. The van der Waals surface area contributed by atoms with Gasteiger partial charge in [0.25, 0.3) is 0 Å². The fourth-order valence-electron chi connectivity index (χ4n) is 1.84. The first-order valence-corrected chi connectivity index (χ1v) is 6.94. The maximum atomic E-state index is 13.7. The summed E-state index contributed by atoms with van der Waals surface area (Å²) in [6.45, 7) is 3.86. The molecule has 0 heterocycles. The van der Waals surface area contributed by atoms with Crippen molar-refractivity contribution in [2.75, 3.05) is 6.54 Å². The Morgan fingerprint density at radius 2 is 1.95 bits per heavy atom. The van der Waals surface area contributed by atoms with E-state index in [1.807, 2.05) is 31.2 Å². The molecule has 0 spiro atoms. The van der Waals surface area contributed by atoms with Gasteiger partial charge in [-0.25, -0.2) is 4.39 Å². The molecule has 0 radical (unpaired) electrons. The van der Waals surface area contributed by atoms with Crippen LogP contribution in [0.4, 0.5) is 4.39 Å². The van der Waals surface area contributed by atoms with Crippen LogP contribution in [0.2, 0.25) is 5.02 Å². The van der Waals surface area contributed by atoms with Crippen LogP contribution in [-0.4, -0.2) is 6.54 Å². The van der Waals surface area contributed by atoms with Gasteiger partial charge in [-0.3, -0.25) is 0 Å². The summed E-state index contributed by atoms with van der Waals surface area (Å²) in [7, 11) is 0. The van der Waals surface area contributed by atoms with Gasteiger partial charge in [0.1, 0.15) is 18.2 Å². The second kappa shape index (κ2) is 7.27. The summed E-state index contributed by atoms with van der Waals surface area (Å²) in [5, 5.41) is 3.64. The quantitative estimate of drug-likeness (QED) is 0.863. The number of halogens is 2. The van der Waals surface area contributed by atoms with Gasteiger partial charge in [-0.1, -0.05) is 42.8 Å². The smallest absolute Gasteiger partial charge is 0.131 e. The molecule has 0 aromatic heterocycles. The third kappa shape index (κ3) is 3.95. The van der Waals surface area contributed by atoms with Crippen LogP contribution in [0.15, 0.2) is 42.5 Å². The Morgan fingerprint density at radius 3 is 2.70 bits per heavy atom. The standard InChI is InChI=1S/C16H17ClFNO/c1-2-19-10-12-5-3-4-6-16(12)20-11-13-7-8-14(17)9-15(13)18/h3-9,19H,2,10-11H2,1H3. The minimum absolute atomic E-state index is 0.187. The van der Waals surface area contributed by atoms with E-state index in [9.17, 15) is 4.39 Å². The van der Waals surface area contributed by atoms with E-state index >= 15 is 0 Å². The third-order valence-electron chi connectivity index (χ3n) is 2.94. The van der Waals surface area contributed by atoms with Crippen molar-refractivity contribution in [1.29, 1.82) is 0 Å². The molecule has 0 bridgehead atoms. The largest absolute Gasteiger partial charge is 0.488 e. The van der Waals surface area contributed by atoms with E-state index in [4.69, 9.17) is 16.3 Å². The lowest BCUT2D eigenvalue weighted by atomic mass is 10.2. The first kappa shape index (κ1) is 14.8. The van der Waals surface area contributed by atoms with Crippen LogP contribution in [0.25, 0.3) is 0 Å². The Morgan fingerprint density at radius 1 is 1.15 bits per heavy atom. The summed E-state index contributed by atoms with van der Waals surface area (Å²) >= 11 is 5.73. The van der Waals surface area contributed by atoms with Crippen molar-refractivity contribution >= 4 is 11.6 Å². The molecule has 0 aliphatic carbocycles. The van der Waals surface area contributed by atoms with E-state index in [1.54, 1.807) is 12.1 Å². The molecule has 2 aromatic rings. The molecule has 4 heteroatoms. The number of hydrogen-bond donors (Lipinski definition) is 1. The molecule has 20 heavy (non-hydrogen) atoms. The highest BCUT2D eigenvalue weighted by atomic mass is 35.5. The molecule has 0 aliphatic rings. The van der Waals surface area contributed by atoms with Gasteiger partial charge in [0, 0.05) is 22.7 Å². The van der Waals surface area contributed by atoms with Crippen molar-refractivity contribution < 1.29 is 9.13 Å². The molecule has 0 saturated heterocycles. The highest BCUT2D eigenvalue weighted by molar-refractivity contribution is 6.30. The monoisotopic (exact) mass is 293 g/mol. The van der Waals surface area contributed by atoms with Crippen molar-refractivity contribution in [3.05, 3.63) is 64.4 Å². The molecular formula is C16H17ClFNO. The first-order chi connectivity index (χ1) is 9.70. The zero-order valence-corrected chi connectivity index (χ0v) is 12.1. The van der Waals surface area contributed by atoms with Gasteiger partial charge in [0.15, 0.2) is 0 Å². The number of nitrogens with one attached hydrogen (secondary N) is 1. The zero-order valence-electron chi connectivity index (χ0n) is 11.3. The predicted molar refractivity (Wildman–Crippen MR) is 79.6 cm³/mol. The summed E-state index contributed by atoms with van der Waals surface area (Å²) in [6.07, 6.45) is 0. The second-order valence-corrected chi connectivity index (χ2v) is 4.85. The SMILES string of the molecule is CCNCc1ccccc1OCc1ccc(Cl)cc1F. The Bertz CT molecular complexity index is 574. The van der Waals surface area contributed by atoms with Gasteiger partial charge in [-0.05, 0) is 24.7 Å². The third-order valence-corrected chi connectivity index (χ3v) is 3.17. The summed E-state index contributed by atoms with van der Waals surface area (Å²) < 4.78 is 19.4. The highest BCUT2D eigenvalue weighted by Crippen LogP contribution is 2.21. The molecule has 2 nitrogen and oxygen atoms in total. The number of para-hydroxylation sites is 1. The maximum absolute atomic E-state index is 13.7.